The maximum atomic E-state index is 11.7. The Morgan fingerprint density at radius 2 is 2.21 bits per heavy atom. The summed E-state index contributed by atoms with van der Waals surface area (Å²) in [5.74, 6) is 0.451. The molecule has 0 fully saturated rings. The van der Waals surface area contributed by atoms with Crippen molar-refractivity contribution in [3.63, 3.8) is 0 Å². The molecule has 0 saturated heterocycles. The molecule has 1 N–H and O–H groups in total. The summed E-state index contributed by atoms with van der Waals surface area (Å²) in [5, 5.41) is 14.0. The van der Waals surface area contributed by atoms with Crippen LogP contribution in [0.5, 0.6) is 0 Å². The number of nitro groups is 1. The van der Waals surface area contributed by atoms with Gasteiger partial charge in [-0.25, -0.2) is 4.99 Å². The molecule has 98 valence electrons. The van der Waals surface area contributed by atoms with Crippen molar-refractivity contribution in [2.45, 2.75) is 6.92 Å². The largest absolute Gasteiger partial charge is 0.300 e. The number of benzene rings is 1. The number of amidine groups is 1. The summed E-state index contributed by atoms with van der Waals surface area (Å²) in [5.41, 5.74) is 0.504. The molecular formula is C12H11N3O3S. The van der Waals surface area contributed by atoms with E-state index < -0.39 is 4.92 Å². The van der Waals surface area contributed by atoms with E-state index in [1.807, 2.05) is 6.92 Å². The van der Waals surface area contributed by atoms with Gasteiger partial charge in [0.15, 0.2) is 5.17 Å². The first-order valence-electron chi connectivity index (χ1n) is 5.59. The SMILES string of the molecule is CCSC1=N/C(=C/c2ccccc2[N+](=O)[O-])C(=O)N1. The zero-order chi connectivity index (χ0) is 13.8. The minimum Gasteiger partial charge on any atom is -0.300 e. The molecule has 0 atom stereocenters. The first-order valence-corrected chi connectivity index (χ1v) is 6.58. The Morgan fingerprint density at radius 3 is 2.89 bits per heavy atom. The molecule has 6 nitrogen and oxygen atoms in total. The standard InChI is InChI=1S/C12H11N3O3S/c1-2-19-12-13-9(11(16)14-12)7-8-5-3-4-6-10(8)15(17)18/h3-7H,2H2,1H3,(H,13,14,16)/b9-7+. The molecular weight excluding hydrogens is 266 g/mol. The van der Waals surface area contributed by atoms with Crippen molar-refractivity contribution in [3.8, 4) is 0 Å². The molecule has 0 unspecified atom stereocenters. The first kappa shape index (κ1) is 13.3. The van der Waals surface area contributed by atoms with E-state index in [-0.39, 0.29) is 17.3 Å². The van der Waals surface area contributed by atoms with Crippen LogP contribution in [-0.2, 0) is 4.79 Å². The van der Waals surface area contributed by atoms with Crippen molar-refractivity contribution in [1.82, 2.24) is 5.32 Å². The van der Waals surface area contributed by atoms with E-state index in [1.165, 1.54) is 23.9 Å². The summed E-state index contributed by atoms with van der Waals surface area (Å²) in [6, 6.07) is 6.23. The molecule has 2 rings (SSSR count). The minimum atomic E-state index is -0.481. The summed E-state index contributed by atoms with van der Waals surface area (Å²) in [6.45, 7) is 1.95. The van der Waals surface area contributed by atoms with E-state index in [1.54, 1.807) is 18.2 Å². The third kappa shape index (κ3) is 3.00. The molecule has 1 aromatic carbocycles. The number of carbonyl (C=O) groups excluding carboxylic acids is 1. The Balaban J connectivity index is 2.36. The van der Waals surface area contributed by atoms with Crippen LogP contribution < -0.4 is 5.32 Å². The highest BCUT2D eigenvalue weighted by Crippen LogP contribution is 2.23. The van der Waals surface area contributed by atoms with Gasteiger partial charge in [0.1, 0.15) is 5.70 Å². The van der Waals surface area contributed by atoms with E-state index in [2.05, 4.69) is 10.3 Å². The lowest BCUT2D eigenvalue weighted by molar-refractivity contribution is -0.385. The van der Waals surface area contributed by atoms with Crippen molar-refractivity contribution in [3.05, 3.63) is 45.6 Å². The molecule has 0 spiro atoms. The quantitative estimate of drug-likeness (QED) is 0.521. The van der Waals surface area contributed by atoms with Crippen LogP contribution in [0.1, 0.15) is 12.5 Å². The predicted octanol–water partition coefficient (Wildman–Crippen LogP) is 2.17. The number of para-hydroxylation sites is 1. The zero-order valence-electron chi connectivity index (χ0n) is 10.1. The summed E-state index contributed by atoms with van der Waals surface area (Å²) < 4.78 is 0. The number of carbonyl (C=O) groups is 1. The van der Waals surface area contributed by atoms with Crippen LogP contribution in [0.3, 0.4) is 0 Å². The number of nitrogens with one attached hydrogen (secondary N) is 1. The van der Waals surface area contributed by atoms with Crippen LogP contribution >= 0.6 is 11.8 Å². The van der Waals surface area contributed by atoms with E-state index >= 15 is 0 Å². The highest BCUT2D eigenvalue weighted by molar-refractivity contribution is 8.13. The molecule has 1 amide bonds. The smallest absolute Gasteiger partial charge is 0.276 e. The normalized spacial score (nSPS) is 16.4. The monoisotopic (exact) mass is 277 g/mol. The maximum absolute atomic E-state index is 11.7. The highest BCUT2D eigenvalue weighted by Gasteiger charge is 2.21. The van der Waals surface area contributed by atoms with Gasteiger partial charge in [-0.2, -0.15) is 0 Å². The number of rotatable bonds is 3. The lowest BCUT2D eigenvalue weighted by atomic mass is 10.1. The number of amides is 1. The van der Waals surface area contributed by atoms with Crippen molar-refractivity contribution < 1.29 is 9.72 Å². The van der Waals surface area contributed by atoms with Gasteiger partial charge >= 0.3 is 0 Å². The van der Waals surface area contributed by atoms with E-state index in [4.69, 9.17) is 0 Å². The molecule has 1 aliphatic rings. The summed E-state index contributed by atoms with van der Waals surface area (Å²) in [4.78, 5) is 26.2. The minimum absolute atomic E-state index is 0.0467. The van der Waals surface area contributed by atoms with Gasteiger partial charge in [-0.3, -0.25) is 20.2 Å². The maximum Gasteiger partial charge on any atom is 0.276 e. The number of thioether (sulfide) groups is 1. The molecule has 0 bridgehead atoms. The number of hydrogen-bond donors (Lipinski definition) is 1. The van der Waals surface area contributed by atoms with Crippen LogP contribution in [0.4, 0.5) is 5.69 Å². The summed E-state index contributed by atoms with van der Waals surface area (Å²) in [6.07, 6.45) is 1.43. The topological polar surface area (TPSA) is 84.6 Å². The third-order valence-corrected chi connectivity index (χ3v) is 3.14. The molecule has 7 heteroatoms. The first-order chi connectivity index (χ1) is 9.11. The Morgan fingerprint density at radius 1 is 1.47 bits per heavy atom. The average Bonchev–Trinajstić information content (AvgIpc) is 2.71. The average molecular weight is 277 g/mol. The highest BCUT2D eigenvalue weighted by atomic mass is 32.2. The second-order valence-electron chi connectivity index (χ2n) is 3.65. The molecule has 0 radical (unpaired) electrons. The van der Waals surface area contributed by atoms with Gasteiger partial charge in [0.05, 0.1) is 10.5 Å². The second kappa shape index (κ2) is 5.66. The van der Waals surface area contributed by atoms with Crippen LogP contribution in [0, 0.1) is 10.1 Å². The van der Waals surface area contributed by atoms with Gasteiger partial charge in [-0.15, -0.1) is 0 Å². The predicted molar refractivity (Wildman–Crippen MR) is 74.8 cm³/mol. The van der Waals surface area contributed by atoms with Crippen LogP contribution in [0.25, 0.3) is 6.08 Å². The molecule has 0 saturated carbocycles. The van der Waals surface area contributed by atoms with Crippen molar-refractivity contribution in [1.29, 1.82) is 0 Å². The number of aliphatic imine (C=N–C) groups is 1. The number of nitro benzene ring substituents is 1. The fourth-order valence-electron chi connectivity index (χ4n) is 1.58. The van der Waals surface area contributed by atoms with Crippen LogP contribution in [0.15, 0.2) is 35.0 Å². The lowest BCUT2D eigenvalue weighted by Gasteiger charge is -1.97. The van der Waals surface area contributed by atoms with Crippen molar-refractivity contribution in [2.24, 2.45) is 4.99 Å². The molecule has 1 aromatic rings. The van der Waals surface area contributed by atoms with Crippen molar-refractivity contribution in [2.75, 3.05) is 5.75 Å². The summed E-state index contributed by atoms with van der Waals surface area (Å²) >= 11 is 1.41. The molecule has 1 aliphatic heterocycles. The lowest BCUT2D eigenvalue weighted by Crippen LogP contribution is -2.21. The van der Waals surface area contributed by atoms with E-state index in [0.717, 1.165) is 5.75 Å². The third-order valence-electron chi connectivity index (χ3n) is 2.38. The molecule has 19 heavy (non-hydrogen) atoms. The van der Waals surface area contributed by atoms with Gasteiger partial charge in [-0.05, 0) is 17.9 Å². The van der Waals surface area contributed by atoms with E-state index in [9.17, 15) is 14.9 Å². The fourth-order valence-corrected chi connectivity index (χ4v) is 2.18. The van der Waals surface area contributed by atoms with Gasteiger partial charge in [-0.1, -0.05) is 30.8 Å². The van der Waals surface area contributed by atoms with Gasteiger partial charge in [0.25, 0.3) is 11.6 Å². The molecule has 0 aromatic heterocycles. The Hall–Kier alpha value is -2.15. The van der Waals surface area contributed by atoms with Crippen molar-refractivity contribution >= 4 is 34.6 Å². The van der Waals surface area contributed by atoms with Gasteiger partial charge < -0.3 is 0 Å². The fraction of sp³-hybridized carbons (Fsp3) is 0.167. The Kier molecular flexibility index (Phi) is 3.96. The van der Waals surface area contributed by atoms with Crippen LogP contribution in [0.2, 0.25) is 0 Å². The Bertz CT molecular complexity index is 596. The summed E-state index contributed by atoms with van der Waals surface area (Å²) in [7, 11) is 0. The zero-order valence-corrected chi connectivity index (χ0v) is 10.9. The molecule has 1 heterocycles. The van der Waals surface area contributed by atoms with E-state index in [0.29, 0.717) is 10.7 Å². The second-order valence-corrected chi connectivity index (χ2v) is 4.90. The van der Waals surface area contributed by atoms with Crippen LogP contribution in [-0.4, -0.2) is 21.8 Å². The molecule has 0 aliphatic carbocycles. The number of nitrogens with zero attached hydrogens (tertiary/aromatic N) is 2. The van der Waals surface area contributed by atoms with Gasteiger partial charge in [0, 0.05) is 6.07 Å². The number of hydrogen-bond acceptors (Lipinski definition) is 5. The van der Waals surface area contributed by atoms with Gasteiger partial charge in [0.2, 0.25) is 0 Å². The Labute approximate surface area is 113 Å².